The highest BCUT2D eigenvalue weighted by atomic mass is 19.1. The standard InChI is InChI=1S/C19H20FN3O3/c1-23(11-12-24-16-5-3-2-4-6-16)13-19-21-18(22-26-19)14-25-17-9-7-15(20)8-10-17/h2-10H,11-14H2,1H3. The fourth-order valence-electron chi connectivity index (χ4n) is 2.24. The van der Waals surface area contributed by atoms with Crippen LogP contribution in [0, 0.1) is 5.82 Å². The van der Waals surface area contributed by atoms with Crippen molar-refractivity contribution in [3.05, 3.63) is 72.1 Å². The second-order valence-corrected chi connectivity index (χ2v) is 5.75. The summed E-state index contributed by atoms with van der Waals surface area (Å²) < 4.78 is 29.2. The summed E-state index contributed by atoms with van der Waals surface area (Å²) in [5.41, 5.74) is 0. The Kier molecular flexibility index (Phi) is 6.16. The Bertz CT molecular complexity index is 793. The van der Waals surface area contributed by atoms with Gasteiger partial charge in [0.15, 0.2) is 6.61 Å². The quantitative estimate of drug-likeness (QED) is 0.586. The van der Waals surface area contributed by atoms with Gasteiger partial charge < -0.3 is 14.0 Å². The van der Waals surface area contributed by atoms with Crippen LogP contribution in [0.5, 0.6) is 11.5 Å². The lowest BCUT2D eigenvalue weighted by atomic mass is 10.3. The highest BCUT2D eigenvalue weighted by Gasteiger charge is 2.10. The van der Waals surface area contributed by atoms with Gasteiger partial charge >= 0.3 is 0 Å². The fourth-order valence-corrected chi connectivity index (χ4v) is 2.24. The molecule has 0 spiro atoms. The van der Waals surface area contributed by atoms with E-state index in [1.54, 1.807) is 12.1 Å². The lowest BCUT2D eigenvalue weighted by Crippen LogP contribution is -2.24. The number of nitrogens with zero attached hydrogens (tertiary/aromatic N) is 3. The van der Waals surface area contributed by atoms with Crippen molar-refractivity contribution in [2.45, 2.75) is 13.2 Å². The first kappa shape index (κ1) is 17.9. The molecule has 7 heteroatoms. The molecule has 0 fully saturated rings. The van der Waals surface area contributed by atoms with Crippen LogP contribution in [-0.2, 0) is 13.2 Å². The second kappa shape index (κ2) is 8.96. The molecule has 0 saturated heterocycles. The molecule has 0 N–H and O–H groups in total. The van der Waals surface area contributed by atoms with Crippen molar-refractivity contribution in [1.82, 2.24) is 15.0 Å². The minimum atomic E-state index is -0.307. The lowest BCUT2D eigenvalue weighted by Gasteiger charge is -2.14. The van der Waals surface area contributed by atoms with Gasteiger partial charge in [-0.05, 0) is 43.4 Å². The molecule has 0 saturated carbocycles. The number of aromatic nitrogens is 2. The molecular weight excluding hydrogens is 337 g/mol. The summed E-state index contributed by atoms with van der Waals surface area (Å²) in [5.74, 6) is 2.04. The van der Waals surface area contributed by atoms with Gasteiger partial charge in [0.25, 0.3) is 0 Å². The van der Waals surface area contributed by atoms with E-state index in [1.165, 1.54) is 12.1 Å². The van der Waals surface area contributed by atoms with Gasteiger partial charge in [-0.15, -0.1) is 0 Å². The Hall–Kier alpha value is -2.93. The average molecular weight is 357 g/mol. The summed E-state index contributed by atoms with van der Waals surface area (Å²) in [6.07, 6.45) is 0. The Morgan fingerprint density at radius 2 is 1.73 bits per heavy atom. The fraction of sp³-hybridized carbons (Fsp3) is 0.263. The van der Waals surface area contributed by atoms with Gasteiger partial charge in [0.2, 0.25) is 11.7 Å². The summed E-state index contributed by atoms with van der Waals surface area (Å²) in [7, 11) is 1.95. The Labute approximate surface area is 151 Å². The predicted octanol–water partition coefficient (Wildman–Crippen LogP) is 3.30. The van der Waals surface area contributed by atoms with Crippen molar-refractivity contribution >= 4 is 0 Å². The monoisotopic (exact) mass is 357 g/mol. The van der Waals surface area contributed by atoms with Gasteiger partial charge in [-0.3, -0.25) is 4.90 Å². The molecule has 0 bridgehead atoms. The molecule has 3 aromatic rings. The van der Waals surface area contributed by atoms with Gasteiger partial charge in [-0.2, -0.15) is 4.98 Å². The van der Waals surface area contributed by atoms with Crippen molar-refractivity contribution in [2.75, 3.05) is 20.2 Å². The number of benzene rings is 2. The molecule has 26 heavy (non-hydrogen) atoms. The van der Waals surface area contributed by atoms with E-state index in [1.807, 2.05) is 42.3 Å². The number of hydrogen-bond donors (Lipinski definition) is 0. The predicted molar refractivity (Wildman–Crippen MR) is 93.3 cm³/mol. The van der Waals surface area contributed by atoms with Crippen LogP contribution < -0.4 is 9.47 Å². The maximum Gasteiger partial charge on any atom is 0.240 e. The van der Waals surface area contributed by atoms with E-state index in [9.17, 15) is 4.39 Å². The number of rotatable bonds is 9. The molecule has 136 valence electrons. The molecule has 1 heterocycles. The van der Waals surface area contributed by atoms with Crippen LogP contribution in [0.4, 0.5) is 4.39 Å². The highest BCUT2D eigenvalue weighted by molar-refractivity contribution is 5.22. The van der Waals surface area contributed by atoms with E-state index in [0.29, 0.717) is 30.6 Å². The molecule has 1 aromatic heterocycles. The van der Waals surface area contributed by atoms with Crippen LogP contribution in [0.15, 0.2) is 59.1 Å². The smallest absolute Gasteiger partial charge is 0.240 e. The minimum absolute atomic E-state index is 0.163. The molecule has 0 aliphatic rings. The summed E-state index contributed by atoms with van der Waals surface area (Å²) in [6.45, 7) is 1.96. The highest BCUT2D eigenvalue weighted by Crippen LogP contribution is 2.13. The molecule has 0 amide bonds. The van der Waals surface area contributed by atoms with Crippen molar-refractivity contribution in [2.24, 2.45) is 0 Å². The third kappa shape index (κ3) is 5.56. The van der Waals surface area contributed by atoms with Gasteiger partial charge in [0, 0.05) is 6.54 Å². The molecule has 0 unspecified atom stereocenters. The first-order valence-corrected chi connectivity index (χ1v) is 8.25. The number of hydrogen-bond acceptors (Lipinski definition) is 6. The zero-order chi connectivity index (χ0) is 18.2. The maximum absolute atomic E-state index is 12.9. The number of ether oxygens (including phenoxy) is 2. The van der Waals surface area contributed by atoms with Gasteiger partial charge in [-0.1, -0.05) is 23.4 Å². The van der Waals surface area contributed by atoms with Crippen LogP contribution in [0.1, 0.15) is 11.7 Å². The Morgan fingerprint density at radius 3 is 2.50 bits per heavy atom. The summed E-state index contributed by atoms with van der Waals surface area (Å²) in [4.78, 5) is 6.32. The van der Waals surface area contributed by atoms with Crippen molar-refractivity contribution in [3.63, 3.8) is 0 Å². The van der Waals surface area contributed by atoms with E-state index in [2.05, 4.69) is 10.1 Å². The first-order chi connectivity index (χ1) is 12.7. The van der Waals surface area contributed by atoms with Crippen molar-refractivity contribution < 1.29 is 18.4 Å². The normalized spacial score (nSPS) is 10.9. The average Bonchev–Trinajstić information content (AvgIpc) is 3.09. The number of halogens is 1. The summed E-state index contributed by atoms with van der Waals surface area (Å²) in [6, 6.07) is 15.4. The number of likely N-dealkylation sites (N-methyl/N-ethyl adjacent to an activating group) is 1. The largest absolute Gasteiger partial charge is 0.492 e. The third-order valence-electron chi connectivity index (χ3n) is 3.58. The SMILES string of the molecule is CN(CCOc1ccccc1)Cc1nc(COc2ccc(F)cc2)no1. The van der Waals surface area contributed by atoms with Gasteiger partial charge in [0.1, 0.15) is 23.9 Å². The molecule has 3 rings (SSSR count). The minimum Gasteiger partial charge on any atom is -0.492 e. The van der Waals surface area contributed by atoms with Crippen molar-refractivity contribution in [1.29, 1.82) is 0 Å². The maximum atomic E-state index is 12.9. The van der Waals surface area contributed by atoms with Crippen LogP contribution in [0.3, 0.4) is 0 Å². The Balaban J connectivity index is 1.40. The summed E-state index contributed by atoms with van der Waals surface area (Å²) in [5, 5.41) is 3.89. The lowest BCUT2D eigenvalue weighted by molar-refractivity contribution is 0.212. The molecule has 0 aliphatic heterocycles. The van der Waals surface area contributed by atoms with Gasteiger partial charge in [0.05, 0.1) is 6.54 Å². The van der Waals surface area contributed by atoms with E-state index in [-0.39, 0.29) is 12.4 Å². The third-order valence-corrected chi connectivity index (χ3v) is 3.58. The van der Waals surface area contributed by atoms with E-state index >= 15 is 0 Å². The molecular formula is C19H20FN3O3. The van der Waals surface area contributed by atoms with Gasteiger partial charge in [-0.25, -0.2) is 4.39 Å². The van der Waals surface area contributed by atoms with Crippen LogP contribution in [0.2, 0.25) is 0 Å². The Morgan fingerprint density at radius 1 is 1.00 bits per heavy atom. The second-order valence-electron chi connectivity index (χ2n) is 5.75. The first-order valence-electron chi connectivity index (χ1n) is 8.25. The zero-order valence-corrected chi connectivity index (χ0v) is 14.5. The van der Waals surface area contributed by atoms with Crippen LogP contribution >= 0.6 is 0 Å². The van der Waals surface area contributed by atoms with E-state index in [4.69, 9.17) is 14.0 Å². The summed E-state index contributed by atoms with van der Waals surface area (Å²) >= 11 is 0. The van der Waals surface area contributed by atoms with E-state index in [0.717, 1.165) is 12.3 Å². The van der Waals surface area contributed by atoms with Crippen LogP contribution in [0.25, 0.3) is 0 Å². The molecule has 2 aromatic carbocycles. The van der Waals surface area contributed by atoms with Crippen LogP contribution in [-0.4, -0.2) is 35.2 Å². The molecule has 0 radical (unpaired) electrons. The topological polar surface area (TPSA) is 60.6 Å². The zero-order valence-electron chi connectivity index (χ0n) is 14.5. The molecule has 0 atom stereocenters. The van der Waals surface area contributed by atoms with Crippen molar-refractivity contribution in [3.8, 4) is 11.5 Å². The molecule has 6 nitrogen and oxygen atoms in total. The number of para-hydroxylation sites is 1. The van der Waals surface area contributed by atoms with E-state index < -0.39 is 0 Å². The molecule has 0 aliphatic carbocycles.